The SMILES string of the molecule is N#Cc1c(SSc2ccc3ccccc3c2C#N)ccc2ccccc12. The van der Waals surface area contributed by atoms with Crippen molar-refractivity contribution in [2.45, 2.75) is 9.79 Å². The fourth-order valence-corrected chi connectivity index (χ4v) is 5.24. The van der Waals surface area contributed by atoms with Gasteiger partial charge in [0.05, 0.1) is 11.1 Å². The van der Waals surface area contributed by atoms with Gasteiger partial charge in [0.15, 0.2) is 0 Å². The molecule has 4 aromatic rings. The highest BCUT2D eigenvalue weighted by atomic mass is 33.1. The number of hydrogen-bond donors (Lipinski definition) is 0. The van der Waals surface area contributed by atoms with Crippen LogP contribution < -0.4 is 0 Å². The van der Waals surface area contributed by atoms with Gasteiger partial charge in [-0.2, -0.15) is 10.5 Å². The predicted octanol–water partition coefficient (Wildman–Crippen LogP) is 6.54. The molecule has 0 saturated carbocycles. The fourth-order valence-electron chi connectivity index (χ4n) is 2.96. The van der Waals surface area contributed by atoms with Gasteiger partial charge in [-0.1, -0.05) is 82.3 Å². The third-order valence-electron chi connectivity index (χ3n) is 4.23. The van der Waals surface area contributed by atoms with E-state index in [1.807, 2.05) is 72.8 Å². The third kappa shape index (κ3) is 2.91. The standard InChI is InChI=1S/C22H12N2S2/c23-13-19-17-7-3-1-5-15(17)9-11-21(19)25-26-22-12-10-16-6-2-4-8-18(16)20(22)14-24/h1-12H. The molecule has 0 saturated heterocycles. The second-order valence-corrected chi connectivity index (χ2v) is 7.92. The van der Waals surface area contributed by atoms with Gasteiger partial charge in [0.1, 0.15) is 12.1 Å². The van der Waals surface area contributed by atoms with Crippen LogP contribution in [-0.4, -0.2) is 0 Å². The molecule has 4 rings (SSSR count). The normalized spacial score (nSPS) is 10.5. The number of nitriles is 2. The minimum Gasteiger partial charge on any atom is -0.192 e. The van der Waals surface area contributed by atoms with Crippen LogP contribution in [0.25, 0.3) is 21.5 Å². The van der Waals surface area contributed by atoms with Gasteiger partial charge in [-0.15, -0.1) is 0 Å². The van der Waals surface area contributed by atoms with E-state index in [2.05, 4.69) is 12.1 Å². The van der Waals surface area contributed by atoms with Gasteiger partial charge in [0.2, 0.25) is 0 Å². The molecule has 26 heavy (non-hydrogen) atoms. The summed E-state index contributed by atoms with van der Waals surface area (Å²) in [6.45, 7) is 0. The zero-order valence-electron chi connectivity index (χ0n) is 13.6. The van der Waals surface area contributed by atoms with Gasteiger partial charge in [0, 0.05) is 20.6 Å². The zero-order chi connectivity index (χ0) is 17.9. The second-order valence-electron chi connectivity index (χ2n) is 5.71. The average molecular weight is 368 g/mol. The molecule has 2 nitrogen and oxygen atoms in total. The molecule has 0 radical (unpaired) electrons. The molecule has 122 valence electrons. The summed E-state index contributed by atoms with van der Waals surface area (Å²) in [7, 11) is 3.04. The molecular formula is C22H12N2S2. The van der Waals surface area contributed by atoms with Crippen LogP contribution in [0.1, 0.15) is 11.1 Å². The van der Waals surface area contributed by atoms with E-state index in [1.165, 1.54) is 21.6 Å². The average Bonchev–Trinajstić information content (AvgIpc) is 2.71. The van der Waals surface area contributed by atoms with Gasteiger partial charge < -0.3 is 0 Å². The van der Waals surface area contributed by atoms with Gasteiger partial charge >= 0.3 is 0 Å². The lowest BCUT2D eigenvalue weighted by molar-refractivity contribution is 1.40. The van der Waals surface area contributed by atoms with E-state index in [1.54, 1.807) is 0 Å². The van der Waals surface area contributed by atoms with Gasteiger partial charge in [0.25, 0.3) is 0 Å². The number of nitrogens with zero attached hydrogens (tertiary/aromatic N) is 2. The van der Waals surface area contributed by atoms with E-state index in [9.17, 15) is 10.5 Å². The van der Waals surface area contributed by atoms with Gasteiger partial charge in [-0.25, -0.2) is 0 Å². The summed E-state index contributed by atoms with van der Waals surface area (Å²) in [5.41, 5.74) is 1.36. The number of benzene rings is 4. The number of rotatable bonds is 3. The van der Waals surface area contributed by atoms with Crippen LogP contribution in [-0.2, 0) is 0 Å². The summed E-state index contributed by atoms with van der Waals surface area (Å²) in [5.74, 6) is 0. The van der Waals surface area contributed by atoms with Crippen molar-refractivity contribution < 1.29 is 0 Å². The topological polar surface area (TPSA) is 47.6 Å². The van der Waals surface area contributed by atoms with Crippen molar-refractivity contribution in [1.82, 2.24) is 0 Å². The molecule has 0 bridgehead atoms. The first kappa shape index (κ1) is 16.5. The lowest BCUT2D eigenvalue weighted by Crippen LogP contribution is -1.85. The van der Waals surface area contributed by atoms with Gasteiger partial charge in [-0.05, 0) is 22.9 Å². The van der Waals surface area contributed by atoms with Crippen molar-refractivity contribution in [2.75, 3.05) is 0 Å². The van der Waals surface area contributed by atoms with Crippen molar-refractivity contribution in [3.63, 3.8) is 0 Å². The highest BCUT2D eigenvalue weighted by Crippen LogP contribution is 2.43. The maximum absolute atomic E-state index is 9.63. The van der Waals surface area contributed by atoms with E-state index < -0.39 is 0 Å². The molecule has 0 heterocycles. The summed E-state index contributed by atoms with van der Waals surface area (Å²) in [5, 5.41) is 23.3. The first-order chi connectivity index (χ1) is 12.8. The number of hydrogen-bond acceptors (Lipinski definition) is 4. The minimum absolute atomic E-state index is 0.680. The summed E-state index contributed by atoms with van der Waals surface area (Å²) in [4.78, 5) is 1.82. The Balaban J connectivity index is 1.72. The van der Waals surface area contributed by atoms with E-state index in [0.717, 1.165) is 31.3 Å². The van der Waals surface area contributed by atoms with Crippen molar-refractivity contribution >= 4 is 43.1 Å². The predicted molar refractivity (Wildman–Crippen MR) is 109 cm³/mol. The van der Waals surface area contributed by atoms with Crippen LogP contribution in [0.3, 0.4) is 0 Å². The highest BCUT2D eigenvalue weighted by Gasteiger charge is 2.12. The Hall–Kier alpha value is -2.92. The maximum atomic E-state index is 9.63. The molecule has 0 aliphatic carbocycles. The molecular weight excluding hydrogens is 356 g/mol. The molecule has 0 aliphatic heterocycles. The summed E-state index contributed by atoms with van der Waals surface area (Å²) in [6.07, 6.45) is 0. The van der Waals surface area contributed by atoms with E-state index in [4.69, 9.17) is 0 Å². The molecule has 0 unspecified atom stereocenters. The Kier molecular flexibility index (Phi) is 4.54. The Morgan fingerprint density at radius 2 is 0.962 bits per heavy atom. The Bertz CT molecular complexity index is 1120. The fraction of sp³-hybridized carbons (Fsp3) is 0. The monoisotopic (exact) mass is 368 g/mol. The van der Waals surface area contributed by atoms with E-state index >= 15 is 0 Å². The summed E-state index contributed by atoms with van der Waals surface area (Å²) in [6, 6.07) is 28.5. The van der Waals surface area contributed by atoms with Crippen molar-refractivity contribution in [3.05, 3.63) is 83.9 Å². The maximum Gasteiger partial charge on any atom is 0.101 e. The Morgan fingerprint density at radius 1 is 0.538 bits per heavy atom. The molecule has 0 atom stereocenters. The van der Waals surface area contributed by atoms with Crippen LogP contribution in [0.4, 0.5) is 0 Å². The largest absolute Gasteiger partial charge is 0.192 e. The molecule has 4 aromatic carbocycles. The molecule has 0 amide bonds. The van der Waals surface area contributed by atoms with E-state index in [-0.39, 0.29) is 0 Å². The zero-order valence-corrected chi connectivity index (χ0v) is 15.3. The van der Waals surface area contributed by atoms with Crippen LogP contribution in [0.2, 0.25) is 0 Å². The lowest BCUT2D eigenvalue weighted by Gasteiger charge is -2.09. The third-order valence-corrected chi connectivity index (χ3v) is 6.68. The Labute approximate surface area is 159 Å². The molecule has 0 fully saturated rings. The highest BCUT2D eigenvalue weighted by molar-refractivity contribution is 8.76. The van der Waals surface area contributed by atoms with Crippen molar-refractivity contribution in [1.29, 1.82) is 10.5 Å². The quantitative estimate of drug-likeness (QED) is 0.385. The van der Waals surface area contributed by atoms with Crippen molar-refractivity contribution in [2.24, 2.45) is 0 Å². The van der Waals surface area contributed by atoms with Crippen LogP contribution in [0.5, 0.6) is 0 Å². The van der Waals surface area contributed by atoms with Crippen LogP contribution in [0, 0.1) is 22.7 Å². The molecule has 0 aliphatic rings. The molecule has 0 N–H and O–H groups in total. The Morgan fingerprint density at radius 3 is 1.38 bits per heavy atom. The first-order valence-electron chi connectivity index (χ1n) is 8.00. The molecule has 0 spiro atoms. The summed E-state index contributed by atoms with van der Waals surface area (Å²) < 4.78 is 0. The van der Waals surface area contributed by atoms with E-state index in [0.29, 0.717) is 11.1 Å². The first-order valence-corrected chi connectivity index (χ1v) is 10.1. The smallest absolute Gasteiger partial charge is 0.101 e. The lowest BCUT2D eigenvalue weighted by atomic mass is 10.1. The molecule has 0 aromatic heterocycles. The van der Waals surface area contributed by atoms with Crippen LogP contribution >= 0.6 is 21.6 Å². The second kappa shape index (κ2) is 7.14. The van der Waals surface area contributed by atoms with Gasteiger partial charge in [-0.3, -0.25) is 0 Å². The number of fused-ring (bicyclic) bond motifs is 2. The van der Waals surface area contributed by atoms with Crippen molar-refractivity contribution in [3.8, 4) is 12.1 Å². The summed E-state index contributed by atoms with van der Waals surface area (Å²) >= 11 is 0. The minimum atomic E-state index is 0.680. The molecule has 4 heteroatoms. The van der Waals surface area contributed by atoms with Crippen LogP contribution in [0.15, 0.2) is 82.6 Å².